The zero-order valence-electron chi connectivity index (χ0n) is 11.9. The van der Waals surface area contributed by atoms with Gasteiger partial charge in [-0.15, -0.1) is 0 Å². The minimum atomic E-state index is -0.516. The molecule has 2 atom stereocenters. The molecule has 21 heavy (non-hydrogen) atoms. The van der Waals surface area contributed by atoms with E-state index in [4.69, 9.17) is 24.5 Å². The monoisotopic (exact) mass is 291 g/mol. The van der Waals surface area contributed by atoms with E-state index in [9.17, 15) is 4.79 Å². The Kier molecular flexibility index (Phi) is 4.14. The van der Waals surface area contributed by atoms with Crippen LogP contribution in [0.1, 0.15) is 25.0 Å². The number of carbonyl (C=O) groups excluding carboxylic acids is 1. The van der Waals surface area contributed by atoms with E-state index in [1.807, 2.05) is 18.2 Å². The molecular weight excluding hydrogens is 273 g/mol. The molecule has 0 radical (unpaired) electrons. The summed E-state index contributed by atoms with van der Waals surface area (Å²) in [6.07, 6.45) is -0.208. The van der Waals surface area contributed by atoms with Crippen LogP contribution >= 0.6 is 0 Å². The van der Waals surface area contributed by atoms with Crippen molar-refractivity contribution in [2.24, 2.45) is 5.73 Å². The second kappa shape index (κ2) is 6.05. The highest BCUT2D eigenvalue weighted by atomic mass is 16.6. The van der Waals surface area contributed by atoms with Crippen molar-refractivity contribution in [1.82, 2.24) is 0 Å². The highest BCUT2D eigenvalue weighted by molar-refractivity contribution is 6.64. The number of carbonyl (C=O) groups is 1. The van der Waals surface area contributed by atoms with Crippen molar-refractivity contribution in [2.45, 2.75) is 25.6 Å². The van der Waals surface area contributed by atoms with E-state index in [2.05, 4.69) is 0 Å². The van der Waals surface area contributed by atoms with Gasteiger partial charge in [-0.05, 0) is 11.6 Å². The zero-order valence-corrected chi connectivity index (χ0v) is 11.9. The Morgan fingerprint density at radius 3 is 3.10 bits per heavy atom. The highest BCUT2D eigenvalue weighted by Crippen LogP contribution is 2.30. The summed E-state index contributed by atoms with van der Waals surface area (Å²) in [5.41, 5.74) is 7.64. The molecule has 6 nitrogen and oxygen atoms in total. The molecule has 0 saturated heterocycles. The van der Waals surface area contributed by atoms with Crippen molar-refractivity contribution >= 4 is 18.6 Å². The Bertz CT molecular complexity index is 538. The molecule has 7 heteroatoms. The molecule has 0 bridgehead atoms. The van der Waals surface area contributed by atoms with Gasteiger partial charge in [-0.3, -0.25) is 4.79 Å². The van der Waals surface area contributed by atoms with Crippen LogP contribution in [0.2, 0.25) is 0 Å². The predicted octanol–water partition coefficient (Wildman–Crippen LogP) is 0.143. The third-order valence-electron chi connectivity index (χ3n) is 3.64. The topological polar surface area (TPSA) is 80.0 Å². The fraction of sp³-hybridized carbons (Fsp3) is 0.500. The minimum absolute atomic E-state index is 0.156. The van der Waals surface area contributed by atoms with Crippen molar-refractivity contribution in [2.75, 3.05) is 19.8 Å². The number of rotatable bonds is 4. The summed E-state index contributed by atoms with van der Waals surface area (Å²) in [7, 11) is -0.516. The van der Waals surface area contributed by atoms with E-state index in [-0.39, 0.29) is 24.8 Å². The lowest BCUT2D eigenvalue weighted by molar-refractivity contribution is -0.146. The molecule has 112 valence electrons. The largest absolute Gasteiger partial charge is 0.499 e. The number of esters is 1. The van der Waals surface area contributed by atoms with Gasteiger partial charge in [0.25, 0.3) is 0 Å². The molecule has 0 saturated carbocycles. The van der Waals surface area contributed by atoms with Crippen LogP contribution < -0.4 is 15.9 Å². The Balaban J connectivity index is 1.76. The first-order valence-corrected chi connectivity index (χ1v) is 7.15. The first-order valence-electron chi connectivity index (χ1n) is 7.15. The van der Waals surface area contributed by atoms with Gasteiger partial charge in [0.2, 0.25) is 0 Å². The standard InChI is InChI=1S/C14H18BNO5/c1-2-13(17)19-8-9-7-18-11-5-3-4-10-12(6-16)21-15(20-9)14(10)11/h3-5,9,12H,2,6-8,16H2,1H3/t9-,12+/m0/s1. The molecule has 2 N–H and O–H groups in total. The summed E-state index contributed by atoms with van der Waals surface area (Å²) in [6.45, 7) is 2.61. The Hall–Kier alpha value is -1.57. The summed E-state index contributed by atoms with van der Waals surface area (Å²) in [5, 5.41) is 0. The van der Waals surface area contributed by atoms with Crippen molar-refractivity contribution < 1.29 is 23.6 Å². The molecule has 0 fully saturated rings. The number of hydrogen-bond acceptors (Lipinski definition) is 6. The average Bonchev–Trinajstić information content (AvgIpc) is 2.77. The van der Waals surface area contributed by atoms with Gasteiger partial charge >= 0.3 is 13.1 Å². The van der Waals surface area contributed by atoms with Crippen molar-refractivity contribution in [3.63, 3.8) is 0 Å². The first-order chi connectivity index (χ1) is 10.2. The molecule has 0 amide bonds. The van der Waals surface area contributed by atoms with Gasteiger partial charge in [-0.2, -0.15) is 0 Å². The van der Waals surface area contributed by atoms with Crippen molar-refractivity contribution in [3.8, 4) is 5.75 Å². The maximum atomic E-state index is 11.3. The second-order valence-electron chi connectivity index (χ2n) is 5.06. The third-order valence-corrected chi connectivity index (χ3v) is 3.64. The summed E-state index contributed by atoms with van der Waals surface area (Å²) in [5.74, 6) is 0.492. The van der Waals surface area contributed by atoms with E-state index in [1.54, 1.807) is 6.92 Å². The van der Waals surface area contributed by atoms with Gasteiger partial charge in [-0.25, -0.2) is 0 Å². The smallest absolute Gasteiger partial charge is 0.491 e. The average molecular weight is 291 g/mol. The molecule has 0 unspecified atom stereocenters. The van der Waals surface area contributed by atoms with Gasteiger partial charge in [0, 0.05) is 18.4 Å². The Morgan fingerprint density at radius 2 is 2.33 bits per heavy atom. The molecule has 2 heterocycles. The van der Waals surface area contributed by atoms with Gasteiger partial charge in [0.15, 0.2) is 0 Å². The quantitative estimate of drug-likeness (QED) is 0.628. The number of nitrogens with two attached hydrogens (primary N) is 1. The van der Waals surface area contributed by atoms with Crippen LogP contribution in [0, 0.1) is 0 Å². The highest BCUT2D eigenvalue weighted by Gasteiger charge is 2.43. The molecule has 2 aliphatic rings. The van der Waals surface area contributed by atoms with Crippen LogP contribution in [0.4, 0.5) is 0 Å². The van der Waals surface area contributed by atoms with Crippen LogP contribution in [0.3, 0.4) is 0 Å². The van der Waals surface area contributed by atoms with Gasteiger partial charge in [-0.1, -0.05) is 19.1 Å². The predicted molar refractivity (Wildman–Crippen MR) is 76.3 cm³/mol. The molecule has 0 aliphatic carbocycles. The molecule has 0 spiro atoms. The number of ether oxygens (including phenoxy) is 2. The van der Waals surface area contributed by atoms with E-state index in [0.717, 1.165) is 16.8 Å². The van der Waals surface area contributed by atoms with Crippen LogP contribution in [0.15, 0.2) is 18.2 Å². The number of benzene rings is 1. The normalized spacial score (nSPS) is 23.2. The number of hydrogen-bond donors (Lipinski definition) is 1. The van der Waals surface area contributed by atoms with Gasteiger partial charge in [0.05, 0.1) is 6.10 Å². The van der Waals surface area contributed by atoms with Gasteiger partial charge in [0.1, 0.15) is 25.1 Å². The maximum Gasteiger partial charge on any atom is 0.499 e. The summed E-state index contributed by atoms with van der Waals surface area (Å²) in [4.78, 5) is 11.3. The lowest BCUT2D eigenvalue weighted by Gasteiger charge is -2.18. The lowest BCUT2D eigenvalue weighted by atomic mass is 9.77. The van der Waals surface area contributed by atoms with Gasteiger partial charge < -0.3 is 24.5 Å². The molecule has 1 aromatic carbocycles. The molecule has 3 rings (SSSR count). The molecule has 0 aromatic heterocycles. The van der Waals surface area contributed by atoms with Crippen LogP contribution in [0.25, 0.3) is 0 Å². The molecular formula is C14H18BNO5. The summed E-state index contributed by atoms with van der Waals surface area (Å²) < 4.78 is 22.6. The van der Waals surface area contributed by atoms with E-state index in [0.29, 0.717) is 19.6 Å². The Morgan fingerprint density at radius 1 is 1.48 bits per heavy atom. The van der Waals surface area contributed by atoms with E-state index in [1.165, 1.54) is 0 Å². The summed E-state index contributed by atoms with van der Waals surface area (Å²) >= 11 is 0. The molecule has 2 aliphatic heterocycles. The third kappa shape index (κ3) is 2.77. The first kappa shape index (κ1) is 14.4. The van der Waals surface area contributed by atoms with Crippen LogP contribution in [0.5, 0.6) is 5.75 Å². The van der Waals surface area contributed by atoms with Crippen molar-refractivity contribution in [3.05, 3.63) is 23.8 Å². The SMILES string of the molecule is CCC(=O)OC[C@@H]1COc2cccc3c2B(O1)O[C@@H]3CN. The molecule has 1 aromatic rings. The van der Waals surface area contributed by atoms with E-state index >= 15 is 0 Å². The van der Waals surface area contributed by atoms with Crippen LogP contribution in [-0.2, 0) is 18.8 Å². The maximum absolute atomic E-state index is 11.3. The summed E-state index contributed by atoms with van der Waals surface area (Å²) in [6, 6.07) is 5.78. The fourth-order valence-corrected chi connectivity index (χ4v) is 2.57. The minimum Gasteiger partial charge on any atom is -0.491 e. The second-order valence-corrected chi connectivity index (χ2v) is 5.06. The Labute approximate surface area is 123 Å². The van der Waals surface area contributed by atoms with Crippen LogP contribution in [-0.4, -0.2) is 39.0 Å². The lowest BCUT2D eigenvalue weighted by Crippen LogP contribution is -2.37. The zero-order chi connectivity index (χ0) is 14.8. The fourth-order valence-electron chi connectivity index (χ4n) is 2.57. The van der Waals surface area contributed by atoms with Crippen molar-refractivity contribution in [1.29, 1.82) is 0 Å². The van der Waals surface area contributed by atoms with E-state index < -0.39 is 7.12 Å².